The first-order chi connectivity index (χ1) is 13.9. The lowest BCUT2D eigenvalue weighted by molar-refractivity contribution is 0.306. The molecule has 3 aromatic rings. The molecule has 0 bridgehead atoms. The van der Waals surface area contributed by atoms with Crippen LogP contribution in [0.25, 0.3) is 0 Å². The normalized spacial score (nSPS) is 11.0. The molecule has 0 aromatic heterocycles. The maximum absolute atomic E-state index is 11.3. The largest absolute Gasteiger partial charge is 0.489 e. The molecular formula is C22H24Cl2N2O3S. The fourth-order valence-electron chi connectivity index (χ4n) is 2.79. The van der Waals surface area contributed by atoms with Gasteiger partial charge < -0.3 is 10.1 Å². The average Bonchev–Trinajstić information content (AvgIpc) is 2.71. The minimum absolute atomic E-state index is 0. The van der Waals surface area contributed by atoms with Gasteiger partial charge in [-0.25, -0.2) is 13.6 Å². The molecule has 0 unspecified atom stereocenters. The van der Waals surface area contributed by atoms with Gasteiger partial charge in [-0.3, -0.25) is 0 Å². The second-order valence-corrected chi connectivity index (χ2v) is 8.61. The third kappa shape index (κ3) is 7.31. The highest BCUT2D eigenvalue weighted by atomic mass is 35.5. The van der Waals surface area contributed by atoms with Crippen molar-refractivity contribution in [3.05, 3.63) is 94.5 Å². The Balaban J connectivity index is 0.00000320. The predicted octanol–water partition coefficient (Wildman–Crippen LogP) is 4.32. The molecule has 0 aliphatic rings. The van der Waals surface area contributed by atoms with Crippen molar-refractivity contribution in [2.45, 2.75) is 24.5 Å². The molecule has 0 saturated heterocycles. The van der Waals surface area contributed by atoms with Crippen LogP contribution in [0.1, 0.15) is 16.7 Å². The molecule has 0 aliphatic heterocycles. The molecule has 3 N–H and O–H groups in total. The van der Waals surface area contributed by atoms with Gasteiger partial charge in [-0.05, 0) is 54.4 Å². The highest BCUT2D eigenvalue weighted by Gasteiger charge is 2.06. The predicted molar refractivity (Wildman–Crippen MR) is 123 cm³/mol. The SMILES string of the molecule is Cl.NS(=O)(=O)c1ccc(CCNCc2ccc(OCc3ccccc3Cl)cc2)cc1. The van der Waals surface area contributed by atoms with Gasteiger partial charge in [-0.15, -0.1) is 12.4 Å². The molecule has 160 valence electrons. The Labute approximate surface area is 188 Å². The van der Waals surface area contributed by atoms with Crippen LogP contribution < -0.4 is 15.2 Å². The summed E-state index contributed by atoms with van der Waals surface area (Å²) in [5.74, 6) is 0.795. The van der Waals surface area contributed by atoms with Crippen molar-refractivity contribution >= 4 is 34.0 Å². The summed E-state index contributed by atoms with van der Waals surface area (Å²) in [6, 6.07) is 22.2. The Morgan fingerprint density at radius 2 is 1.53 bits per heavy atom. The number of nitrogens with one attached hydrogen (secondary N) is 1. The maximum atomic E-state index is 11.3. The van der Waals surface area contributed by atoms with E-state index >= 15 is 0 Å². The van der Waals surface area contributed by atoms with Crippen LogP contribution in [0.3, 0.4) is 0 Å². The Hall–Kier alpha value is -2.09. The zero-order valence-corrected chi connectivity index (χ0v) is 18.6. The van der Waals surface area contributed by atoms with Crippen molar-refractivity contribution in [1.82, 2.24) is 5.32 Å². The smallest absolute Gasteiger partial charge is 0.238 e. The molecule has 8 heteroatoms. The van der Waals surface area contributed by atoms with Crippen LogP contribution in [0.2, 0.25) is 5.02 Å². The van der Waals surface area contributed by atoms with Crippen LogP contribution >= 0.6 is 24.0 Å². The van der Waals surface area contributed by atoms with Crippen molar-refractivity contribution in [1.29, 1.82) is 0 Å². The van der Waals surface area contributed by atoms with Crippen LogP contribution in [0.5, 0.6) is 5.75 Å². The van der Waals surface area contributed by atoms with E-state index in [4.69, 9.17) is 21.5 Å². The number of ether oxygens (including phenoxy) is 1. The number of hydrogen-bond acceptors (Lipinski definition) is 4. The first-order valence-corrected chi connectivity index (χ1v) is 11.1. The molecule has 3 rings (SSSR count). The third-order valence-corrected chi connectivity index (χ3v) is 5.74. The van der Waals surface area contributed by atoms with Gasteiger partial charge in [0.1, 0.15) is 12.4 Å². The number of benzene rings is 3. The van der Waals surface area contributed by atoms with Crippen LogP contribution in [0, 0.1) is 0 Å². The molecule has 0 fully saturated rings. The summed E-state index contributed by atoms with van der Waals surface area (Å²) in [5.41, 5.74) is 3.16. The van der Waals surface area contributed by atoms with Crippen LogP contribution in [0.15, 0.2) is 77.7 Å². The van der Waals surface area contributed by atoms with Gasteiger partial charge in [0.2, 0.25) is 10.0 Å². The van der Waals surface area contributed by atoms with Crippen molar-refractivity contribution in [3.63, 3.8) is 0 Å². The maximum Gasteiger partial charge on any atom is 0.238 e. The molecule has 0 heterocycles. The Morgan fingerprint density at radius 3 is 2.17 bits per heavy atom. The second kappa shape index (κ2) is 11.3. The summed E-state index contributed by atoms with van der Waals surface area (Å²) in [4.78, 5) is 0.131. The molecular weight excluding hydrogens is 443 g/mol. The molecule has 0 atom stereocenters. The van der Waals surface area contributed by atoms with E-state index in [1.165, 1.54) is 12.1 Å². The van der Waals surface area contributed by atoms with Crippen molar-refractivity contribution in [2.24, 2.45) is 5.14 Å². The van der Waals surface area contributed by atoms with Gasteiger partial charge in [0.15, 0.2) is 0 Å². The summed E-state index contributed by atoms with van der Waals surface area (Å²) < 4.78 is 28.3. The number of halogens is 2. The second-order valence-electron chi connectivity index (χ2n) is 6.64. The lowest BCUT2D eigenvalue weighted by Gasteiger charge is -2.09. The van der Waals surface area contributed by atoms with Crippen molar-refractivity contribution < 1.29 is 13.2 Å². The van der Waals surface area contributed by atoms with Crippen molar-refractivity contribution in [3.8, 4) is 5.75 Å². The minimum atomic E-state index is -3.64. The number of rotatable bonds is 9. The summed E-state index contributed by atoms with van der Waals surface area (Å²) in [5, 5.41) is 9.18. The van der Waals surface area contributed by atoms with E-state index in [1.807, 2.05) is 48.5 Å². The standard InChI is InChI=1S/C22H23ClN2O3S.ClH/c23-22-4-2-1-3-19(22)16-28-20-9-5-18(6-10-20)15-25-14-13-17-7-11-21(12-8-17)29(24,26)27;/h1-12,25H,13-16H2,(H2,24,26,27);1H. The quantitative estimate of drug-likeness (QED) is 0.460. The summed E-state index contributed by atoms with van der Waals surface area (Å²) in [6.07, 6.45) is 0.796. The van der Waals surface area contributed by atoms with Gasteiger partial charge in [-0.1, -0.05) is 54.1 Å². The zero-order valence-electron chi connectivity index (χ0n) is 16.3. The lowest BCUT2D eigenvalue weighted by Crippen LogP contribution is -2.17. The lowest BCUT2D eigenvalue weighted by atomic mass is 10.1. The summed E-state index contributed by atoms with van der Waals surface area (Å²) >= 11 is 6.14. The molecule has 0 saturated carbocycles. The van der Waals surface area contributed by atoms with E-state index < -0.39 is 10.0 Å². The van der Waals surface area contributed by atoms with Gasteiger partial charge >= 0.3 is 0 Å². The number of sulfonamides is 1. The monoisotopic (exact) mass is 466 g/mol. The zero-order chi connectivity index (χ0) is 20.7. The minimum Gasteiger partial charge on any atom is -0.489 e. The number of primary sulfonamides is 1. The Morgan fingerprint density at radius 1 is 0.900 bits per heavy atom. The van der Waals surface area contributed by atoms with E-state index in [2.05, 4.69) is 5.32 Å². The number of hydrogen-bond donors (Lipinski definition) is 2. The molecule has 30 heavy (non-hydrogen) atoms. The molecule has 3 aromatic carbocycles. The molecule has 0 spiro atoms. The van der Waals surface area contributed by atoms with Gasteiger partial charge in [-0.2, -0.15) is 0 Å². The van der Waals surface area contributed by atoms with E-state index in [0.717, 1.165) is 42.0 Å². The molecule has 0 radical (unpaired) electrons. The van der Waals surface area contributed by atoms with E-state index in [9.17, 15) is 8.42 Å². The third-order valence-electron chi connectivity index (χ3n) is 4.45. The van der Waals surface area contributed by atoms with Crippen LogP contribution in [0.4, 0.5) is 0 Å². The van der Waals surface area contributed by atoms with E-state index in [1.54, 1.807) is 12.1 Å². The fraction of sp³-hybridized carbons (Fsp3) is 0.182. The van der Waals surface area contributed by atoms with Crippen molar-refractivity contribution in [2.75, 3.05) is 6.54 Å². The molecule has 0 aliphatic carbocycles. The van der Waals surface area contributed by atoms with Crippen LogP contribution in [-0.4, -0.2) is 15.0 Å². The van der Waals surface area contributed by atoms with Gasteiger partial charge in [0.05, 0.1) is 4.90 Å². The first-order valence-electron chi connectivity index (χ1n) is 9.19. The fourth-order valence-corrected chi connectivity index (χ4v) is 3.50. The first kappa shape index (κ1) is 24.2. The highest BCUT2D eigenvalue weighted by molar-refractivity contribution is 7.89. The van der Waals surface area contributed by atoms with Crippen LogP contribution in [-0.2, 0) is 29.6 Å². The number of nitrogens with two attached hydrogens (primary N) is 1. The average molecular weight is 467 g/mol. The van der Waals surface area contributed by atoms with Gasteiger partial charge in [0, 0.05) is 17.1 Å². The van der Waals surface area contributed by atoms with E-state index in [0.29, 0.717) is 11.6 Å². The highest BCUT2D eigenvalue weighted by Crippen LogP contribution is 2.19. The molecule has 5 nitrogen and oxygen atoms in total. The molecule has 0 amide bonds. The van der Waals surface area contributed by atoms with Gasteiger partial charge in [0.25, 0.3) is 0 Å². The Bertz CT molecular complexity index is 1040. The summed E-state index contributed by atoms with van der Waals surface area (Å²) in [7, 11) is -3.64. The Kier molecular flexibility index (Phi) is 9.14. The van der Waals surface area contributed by atoms with E-state index in [-0.39, 0.29) is 17.3 Å². The summed E-state index contributed by atoms with van der Waals surface area (Å²) in [6.45, 7) is 1.95. The topological polar surface area (TPSA) is 81.4 Å².